The topological polar surface area (TPSA) is 63.9 Å². The standard InChI is InChI=1S/C20H18ClN5OS/c1-12-10-25(3)24-17(12)19(27)26(11-14-5-4-8-22-9-14)20-23-18-13(2)15(21)6-7-16(18)28-20/h4-10H,11H2,1-3H3. The van der Waals surface area contributed by atoms with Gasteiger partial charge in [-0.15, -0.1) is 0 Å². The Bertz CT molecular complexity index is 1170. The van der Waals surface area contributed by atoms with Gasteiger partial charge in [0.1, 0.15) is 0 Å². The van der Waals surface area contributed by atoms with Crippen molar-refractivity contribution in [3.63, 3.8) is 0 Å². The zero-order valence-electron chi connectivity index (χ0n) is 15.7. The molecule has 0 aliphatic heterocycles. The van der Waals surface area contributed by atoms with E-state index in [1.165, 1.54) is 11.3 Å². The normalized spacial score (nSPS) is 11.1. The van der Waals surface area contributed by atoms with Crippen molar-refractivity contribution in [3.05, 3.63) is 70.3 Å². The molecule has 0 N–H and O–H groups in total. The van der Waals surface area contributed by atoms with E-state index in [0.717, 1.165) is 26.9 Å². The second-order valence-electron chi connectivity index (χ2n) is 6.60. The molecule has 0 bridgehead atoms. The van der Waals surface area contributed by atoms with E-state index in [1.54, 1.807) is 29.0 Å². The van der Waals surface area contributed by atoms with Crippen molar-refractivity contribution < 1.29 is 4.79 Å². The van der Waals surface area contributed by atoms with Crippen LogP contribution in [0.4, 0.5) is 5.13 Å². The van der Waals surface area contributed by atoms with Crippen LogP contribution in [0.15, 0.2) is 42.9 Å². The van der Waals surface area contributed by atoms with Crippen LogP contribution in [-0.4, -0.2) is 25.7 Å². The Labute approximate surface area is 171 Å². The minimum Gasteiger partial charge on any atom is -0.278 e. The number of thiazole rings is 1. The lowest BCUT2D eigenvalue weighted by molar-refractivity contribution is 0.0979. The van der Waals surface area contributed by atoms with Gasteiger partial charge in [0.15, 0.2) is 10.8 Å². The van der Waals surface area contributed by atoms with Gasteiger partial charge in [0.25, 0.3) is 5.91 Å². The third kappa shape index (κ3) is 3.39. The average molecular weight is 412 g/mol. The quantitative estimate of drug-likeness (QED) is 0.494. The van der Waals surface area contributed by atoms with Crippen LogP contribution in [-0.2, 0) is 13.6 Å². The summed E-state index contributed by atoms with van der Waals surface area (Å²) in [6.07, 6.45) is 5.29. The molecule has 0 spiro atoms. The third-order valence-electron chi connectivity index (χ3n) is 4.49. The molecule has 0 aliphatic carbocycles. The molecule has 1 amide bonds. The molecule has 6 nitrogen and oxygen atoms in total. The lowest BCUT2D eigenvalue weighted by Gasteiger charge is -2.19. The van der Waals surface area contributed by atoms with Crippen molar-refractivity contribution in [1.82, 2.24) is 19.7 Å². The molecule has 3 aromatic heterocycles. The Balaban J connectivity index is 1.82. The molecule has 0 fully saturated rings. The van der Waals surface area contributed by atoms with Crippen LogP contribution < -0.4 is 4.90 Å². The predicted molar refractivity (Wildman–Crippen MR) is 112 cm³/mol. The molecule has 28 heavy (non-hydrogen) atoms. The summed E-state index contributed by atoms with van der Waals surface area (Å²) in [6.45, 7) is 4.17. The molecule has 0 saturated heterocycles. The van der Waals surface area contributed by atoms with Crippen LogP contribution in [0, 0.1) is 13.8 Å². The minimum absolute atomic E-state index is 0.190. The lowest BCUT2D eigenvalue weighted by atomic mass is 10.2. The summed E-state index contributed by atoms with van der Waals surface area (Å²) in [6, 6.07) is 7.59. The van der Waals surface area contributed by atoms with E-state index in [2.05, 4.69) is 10.1 Å². The van der Waals surface area contributed by atoms with Crippen molar-refractivity contribution >= 4 is 44.2 Å². The fourth-order valence-electron chi connectivity index (χ4n) is 3.05. The summed E-state index contributed by atoms with van der Waals surface area (Å²) in [7, 11) is 1.80. The molecule has 8 heteroatoms. The molecule has 1 aromatic carbocycles. The molecule has 0 unspecified atom stereocenters. The van der Waals surface area contributed by atoms with Crippen LogP contribution in [0.3, 0.4) is 0 Å². The van der Waals surface area contributed by atoms with E-state index in [0.29, 0.717) is 22.4 Å². The van der Waals surface area contributed by atoms with Crippen molar-refractivity contribution in [3.8, 4) is 0 Å². The van der Waals surface area contributed by atoms with Gasteiger partial charge in [-0.3, -0.25) is 19.4 Å². The second kappa shape index (κ2) is 7.33. The van der Waals surface area contributed by atoms with Gasteiger partial charge in [0, 0.05) is 36.2 Å². The highest BCUT2D eigenvalue weighted by atomic mass is 35.5. The predicted octanol–water partition coefficient (Wildman–Crippen LogP) is 4.54. The highest BCUT2D eigenvalue weighted by molar-refractivity contribution is 7.22. The van der Waals surface area contributed by atoms with Crippen molar-refractivity contribution in [2.24, 2.45) is 7.05 Å². The van der Waals surface area contributed by atoms with E-state index in [-0.39, 0.29) is 5.91 Å². The number of carbonyl (C=O) groups is 1. The van der Waals surface area contributed by atoms with E-state index in [9.17, 15) is 4.79 Å². The fraction of sp³-hybridized carbons (Fsp3) is 0.200. The Morgan fingerprint density at radius 1 is 1.29 bits per heavy atom. The van der Waals surface area contributed by atoms with Gasteiger partial charge in [0.05, 0.1) is 16.8 Å². The van der Waals surface area contributed by atoms with Gasteiger partial charge in [0.2, 0.25) is 0 Å². The van der Waals surface area contributed by atoms with Crippen LogP contribution in [0.1, 0.15) is 27.2 Å². The zero-order chi connectivity index (χ0) is 19.8. The smallest absolute Gasteiger partial charge is 0.278 e. The summed E-state index contributed by atoms with van der Waals surface area (Å²) < 4.78 is 2.63. The Morgan fingerprint density at radius 2 is 2.11 bits per heavy atom. The van der Waals surface area contributed by atoms with Crippen LogP contribution in [0.25, 0.3) is 10.2 Å². The first-order valence-electron chi connectivity index (χ1n) is 8.70. The Kier molecular flexibility index (Phi) is 4.87. The number of hydrogen-bond acceptors (Lipinski definition) is 5. The monoisotopic (exact) mass is 411 g/mol. The number of amides is 1. The van der Waals surface area contributed by atoms with Gasteiger partial charge >= 0.3 is 0 Å². The van der Waals surface area contributed by atoms with Crippen molar-refractivity contribution in [2.75, 3.05) is 4.90 Å². The molecule has 4 rings (SSSR count). The second-order valence-corrected chi connectivity index (χ2v) is 8.02. The number of hydrogen-bond donors (Lipinski definition) is 0. The molecule has 0 saturated carbocycles. The lowest BCUT2D eigenvalue weighted by Crippen LogP contribution is -2.31. The summed E-state index contributed by atoms with van der Waals surface area (Å²) in [5.74, 6) is -0.190. The molecular weight excluding hydrogens is 394 g/mol. The van der Waals surface area contributed by atoms with Crippen molar-refractivity contribution in [2.45, 2.75) is 20.4 Å². The van der Waals surface area contributed by atoms with E-state index < -0.39 is 0 Å². The molecule has 3 heterocycles. The first kappa shape index (κ1) is 18.6. The van der Waals surface area contributed by atoms with E-state index >= 15 is 0 Å². The Hall–Kier alpha value is -2.77. The molecule has 142 valence electrons. The summed E-state index contributed by atoms with van der Waals surface area (Å²) >= 11 is 7.71. The maximum atomic E-state index is 13.4. The van der Waals surface area contributed by atoms with Crippen LogP contribution in [0.5, 0.6) is 0 Å². The van der Waals surface area contributed by atoms with E-state index in [1.807, 2.05) is 44.3 Å². The van der Waals surface area contributed by atoms with E-state index in [4.69, 9.17) is 16.6 Å². The first-order chi connectivity index (χ1) is 13.4. The van der Waals surface area contributed by atoms with Gasteiger partial charge in [-0.1, -0.05) is 29.0 Å². The van der Waals surface area contributed by atoms with Gasteiger partial charge < -0.3 is 0 Å². The Morgan fingerprint density at radius 3 is 2.79 bits per heavy atom. The number of halogens is 1. The number of anilines is 1. The molecule has 0 radical (unpaired) electrons. The average Bonchev–Trinajstić information content (AvgIpc) is 3.26. The van der Waals surface area contributed by atoms with Gasteiger partial charge in [-0.2, -0.15) is 5.10 Å². The molecule has 0 aliphatic rings. The molecular formula is C20H18ClN5OS. The number of pyridine rings is 1. The zero-order valence-corrected chi connectivity index (χ0v) is 17.3. The number of rotatable bonds is 4. The van der Waals surface area contributed by atoms with Crippen molar-refractivity contribution in [1.29, 1.82) is 0 Å². The maximum absolute atomic E-state index is 13.4. The van der Waals surface area contributed by atoms with Gasteiger partial charge in [-0.25, -0.2) is 4.98 Å². The largest absolute Gasteiger partial charge is 0.281 e. The van der Waals surface area contributed by atoms with Crippen LogP contribution >= 0.6 is 22.9 Å². The first-order valence-corrected chi connectivity index (χ1v) is 9.90. The molecule has 0 atom stereocenters. The maximum Gasteiger partial charge on any atom is 0.281 e. The van der Waals surface area contributed by atoms with Crippen LogP contribution in [0.2, 0.25) is 5.02 Å². The fourth-order valence-corrected chi connectivity index (χ4v) is 4.23. The number of aromatic nitrogens is 4. The number of fused-ring (bicyclic) bond motifs is 1. The summed E-state index contributed by atoms with van der Waals surface area (Å²) in [4.78, 5) is 23.9. The summed E-state index contributed by atoms with van der Waals surface area (Å²) in [5.41, 5.74) is 3.88. The number of benzene rings is 1. The highest BCUT2D eigenvalue weighted by Crippen LogP contribution is 2.34. The third-order valence-corrected chi connectivity index (χ3v) is 5.94. The number of nitrogens with zero attached hydrogens (tertiary/aromatic N) is 5. The SMILES string of the molecule is Cc1cn(C)nc1C(=O)N(Cc1cccnc1)c1nc2c(C)c(Cl)ccc2s1. The highest BCUT2D eigenvalue weighted by Gasteiger charge is 2.25. The molecule has 4 aromatic rings. The summed E-state index contributed by atoms with van der Waals surface area (Å²) in [5, 5.41) is 5.62. The van der Waals surface area contributed by atoms with Gasteiger partial charge in [-0.05, 0) is 43.2 Å². The number of carbonyl (C=O) groups excluding carboxylic acids is 1. The minimum atomic E-state index is -0.190. The number of aryl methyl sites for hydroxylation is 3.